The molecule has 0 bridgehead atoms. The highest BCUT2D eigenvalue weighted by Crippen LogP contribution is 2.37. The number of benzene rings is 1. The number of anilines is 2. The average molecular weight is 390 g/mol. The molecule has 3 aromatic rings. The molecule has 4 rings (SSSR count). The zero-order chi connectivity index (χ0) is 20.8. The Bertz CT molecular complexity index is 1050. The smallest absolute Gasteiger partial charge is 0.259 e. The van der Waals surface area contributed by atoms with Gasteiger partial charge in [0.15, 0.2) is 5.82 Å². The van der Waals surface area contributed by atoms with Gasteiger partial charge in [0.25, 0.3) is 5.91 Å². The maximum atomic E-state index is 13.3. The number of rotatable bonds is 2. The quantitative estimate of drug-likeness (QED) is 0.661. The topological polar surface area (TPSA) is 54.3 Å². The molecule has 0 fully saturated rings. The highest BCUT2D eigenvalue weighted by Gasteiger charge is 2.32. The number of nitrogens with zero attached hydrogens (tertiary/aromatic N) is 5. The van der Waals surface area contributed by atoms with Gasteiger partial charge >= 0.3 is 0 Å². The molecule has 29 heavy (non-hydrogen) atoms. The monoisotopic (exact) mass is 389 g/mol. The lowest BCUT2D eigenvalue weighted by atomic mass is 10.0. The molecule has 150 valence electrons. The number of carbonyl (C=O) groups excluding carboxylic acids is 1. The number of aryl methyl sites for hydroxylation is 2. The van der Waals surface area contributed by atoms with E-state index >= 15 is 0 Å². The Morgan fingerprint density at radius 3 is 2.31 bits per heavy atom. The van der Waals surface area contributed by atoms with E-state index < -0.39 is 0 Å². The molecule has 0 aliphatic carbocycles. The number of carbonyl (C=O) groups is 1. The summed E-state index contributed by atoms with van der Waals surface area (Å²) in [5, 5.41) is 4.46. The number of hydrogen-bond donors (Lipinski definition) is 0. The van der Waals surface area contributed by atoms with Crippen LogP contribution < -0.4 is 9.80 Å². The van der Waals surface area contributed by atoms with Crippen LogP contribution in [0.1, 0.15) is 42.5 Å². The molecular weight excluding hydrogens is 362 g/mol. The second-order valence-corrected chi connectivity index (χ2v) is 8.51. The van der Waals surface area contributed by atoms with Gasteiger partial charge in [0.05, 0.1) is 22.6 Å². The highest BCUT2D eigenvalue weighted by atomic mass is 16.2. The minimum Gasteiger partial charge on any atom is -0.363 e. The van der Waals surface area contributed by atoms with E-state index in [0.29, 0.717) is 17.9 Å². The van der Waals surface area contributed by atoms with Gasteiger partial charge in [0.1, 0.15) is 0 Å². The van der Waals surface area contributed by atoms with Crippen molar-refractivity contribution in [2.24, 2.45) is 0 Å². The normalized spacial score (nSPS) is 14.1. The molecule has 1 aliphatic rings. The van der Waals surface area contributed by atoms with Crippen LogP contribution in [0.15, 0.2) is 48.7 Å². The molecular formula is C23H27N5O. The van der Waals surface area contributed by atoms with Crippen molar-refractivity contribution in [1.82, 2.24) is 14.8 Å². The van der Waals surface area contributed by atoms with E-state index in [0.717, 1.165) is 29.3 Å². The predicted octanol–water partition coefficient (Wildman–Crippen LogP) is 4.15. The Labute approximate surface area is 171 Å². The second-order valence-electron chi connectivity index (χ2n) is 8.51. The lowest BCUT2D eigenvalue weighted by Crippen LogP contribution is -2.51. The van der Waals surface area contributed by atoms with Gasteiger partial charge in [-0.1, -0.05) is 12.1 Å². The predicted molar refractivity (Wildman–Crippen MR) is 116 cm³/mol. The SMILES string of the molecule is Cc1cc(C)n(-c2ccc(C(=O)N3CCN(C(C)(C)C)c4ccccc43)cn2)n1. The molecule has 0 spiro atoms. The van der Waals surface area contributed by atoms with Crippen molar-refractivity contribution >= 4 is 17.3 Å². The summed E-state index contributed by atoms with van der Waals surface area (Å²) in [6.07, 6.45) is 1.65. The minimum absolute atomic E-state index is 0.00575. The van der Waals surface area contributed by atoms with Crippen molar-refractivity contribution in [2.75, 3.05) is 22.9 Å². The molecule has 1 aromatic carbocycles. The molecule has 0 unspecified atom stereocenters. The summed E-state index contributed by atoms with van der Waals surface area (Å²) < 4.78 is 1.79. The van der Waals surface area contributed by atoms with Crippen LogP contribution in [0.5, 0.6) is 0 Å². The molecule has 0 N–H and O–H groups in total. The first kappa shape index (κ1) is 19.2. The van der Waals surface area contributed by atoms with Crippen LogP contribution in [0.2, 0.25) is 0 Å². The lowest BCUT2D eigenvalue weighted by molar-refractivity contribution is 0.0985. The fourth-order valence-corrected chi connectivity index (χ4v) is 3.92. The fourth-order valence-electron chi connectivity index (χ4n) is 3.92. The van der Waals surface area contributed by atoms with Gasteiger partial charge in [0.2, 0.25) is 0 Å². The van der Waals surface area contributed by atoms with Crippen molar-refractivity contribution in [1.29, 1.82) is 0 Å². The Balaban J connectivity index is 1.64. The average Bonchev–Trinajstić information content (AvgIpc) is 3.04. The Morgan fingerprint density at radius 1 is 1.00 bits per heavy atom. The summed E-state index contributed by atoms with van der Waals surface area (Å²) in [6.45, 7) is 12.0. The first-order chi connectivity index (χ1) is 13.8. The number of pyridine rings is 1. The molecule has 6 nitrogen and oxygen atoms in total. The third-order valence-electron chi connectivity index (χ3n) is 5.29. The molecule has 1 amide bonds. The standard InChI is InChI=1S/C23H27N5O/c1-16-14-17(2)28(25-16)21-11-10-18(15-24-21)22(29)26-12-13-27(23(3,4)5)20-9-7-6-8-19(20)26/h6-11,14-15H,12-13H2,1-5H3. The zero-order valence-electron chi connectivity index (χ0n) is 17.7. The number of aromatic nitrogens is 3. The van der Waals surface area contributed by atoms with Crippen LogP contribution in [0.3, 0.4) is 0 Å². The number of amides is 1. The molecule has 0 radical (unpaired) electrons. The molecule has 2 aromatic heterocycles. The molecule has 0 saturated heterocycles. The Morgan fingerprint density at radius 2 is 1.72 bits per heavy atom. The van der Waals surface area contributed by atoms with Gasteiger partial charge in [-0.05, 0) is 65.0 Å². The van der Waals surface area contributed by atoms with Gasteiger partial charge in [0, 0.05) is 30.5 Å². The van der Waals surface area contributed by atoms with Crippen LogP contribution in [0.25, 0.3) is 5.82 Å². The van der Waals surface area contributed by atoms with E-state index in [1.807, 2.05) is 55.1 Å². The summed E-state index contributed by atoms with van der Waals surface area (Å²) in [4.78, 5) is 22.0. The van der Waals surface area contributed by atoms with Crippen LogP contribution >= 0.6 is 0 Å². The number of hydrogen-bond acceptors (Lipinski definition) is 4. The van der Waals surface area contributed by atoms with Crippen molar-refractivity contribution in [3.05, 3.63) is 65.6 Å². The largest absolute Gasteiger partial charge is 0.363 e. The van der Waals surface area contributed by atoms with Gasteiger partial charge in [-0.2, -0.15) is 5.10 Å². The van der Waals surface area contributed by atoms with Gasteiger partial charge in [-0.3, -0.25) is 4.79 Å². The molecule has 6 heteroatoms. The van der Waals surface area contributed by atoms with Crippen LogP contribution in [0, 0.1) is 13.8 Å². The van der Waals surface area contributed by atoms with Gasteiger partial charge in [-0.15, -0.1) is 0 Å². The number of para-hydroxylation sites is 2. The second kappa shape index (κ2) is 7.03. The van der Waals surface area contributed by atoms with E-state index in [2.05, 4.69) is 41.8 Å². The van der Waals surface area contributed by atoms with Crippen LogP contribution in [0.4, 0.5) is 11.4 Å². The van der Waals surface area contributed by atoms with Crippen molar-refractivity contribution < 1.29 is 4.79 Å². The van der Waals surface area contributed by atoms with Crippen LogP contribution in [-0.2, 0) is 0 Å². The molecule has 1 aliphatic heterocycles. The Hall–Kier alpha value is -3.15. The first-order valence-electron chi connectivity index (χ1n) is 9.94. The maximum absolute atomic E-state index is 13.3. The third-order valence-corrected chi connectivity index (χ3v) is 5.29. The van der Waals surface area contributed by atoms with E-state index in [1.165, 1.54) is 0 Å². The summed E-state index contributed by atoms with van der Waals surface area (Å²) in [5.74, 6) is 0.684. The summed E-state index contributed by atoms with van der Waals surface area (Å²) >= 11 is 0. The van der Waals surface area contributed by atoms with E-state index in [9.17, 15) is 4.79 Å². The van der Waals surface area contributed by atoms with E-state index in [4.69, 9.17) is 0 Å². The fraction of sp³-hybridized carbons (Fsp3) is 0.348. The van der Waals surface area contributed by atoms with Crippen molar-refractivity contribution in [3.63, 3.8) is 0 Å². The number of fused-ring (bicyclic) bond motifs is 1. The van der Waals surface area contributed by atoms with Crippen molar-refractivity contribution in [2.45, 2.75) is 40.2 Å². The molecule has 0 atom stereocenters. The summed E-state index contributed by atoms with van der Waals surface area (Å²) in [6, 6.07) is 13.8. The highest BCUT2D eigenvalue weighted by molar-refractivity contribution is 6.08. The van der Waals surface area contributed by atoms with Crippen LogP contribution in [-0.4, -0.2) is 39.3 Å². The third kappa shape index (κ3) is 3.50. The summed E-state index contributed by atoms with van der Waals surface area (Å²) in [5.41, 5.74) is 4.57. The molecule has 0 saturated carbocycles. The Kier molecular flexibility index (Phi) is 4.65. The lowest BCUT2D eigenvalue weighted by Gasteiger charge is -2.44. The molecule has 3 heterocycles. The first-order valence-corrected chi connectivity index (χ1v) is 9.94. The van der Waals surface area contributed by atoms with E-state index in [1.54, 1.807) is 10.9 Å². The van der Waals surface area contributed by atoms with Gasteiger partial charge < -0.3 is 9.80 Å². The van der Waals surface area contributed by atoms with Crippen molar-refractivity contribution in [3.8, 4) is 5.82 Å². The summed E-state index contributed by atoms with van der Waals surface area (Å²) in [7, 11) is 0. The zero-order valence-corrected chi connectivity index (χ0v) is 17.7. The van der Waals surface area contributed by atoms with Gasteiger partial charge in [-0.25, -0.2) is 9.67 Å². The minimum atomic E-state index is -0.0292. The van der Waals surface area contributed by atoms with E-state index in [-0.39, 0.29) is 11.4 Å². The maximum Gasteiger partial charge on any atom is 0.259 e.